The van der Waals surface area contributed by atoms with E-state index in [2.05, 4.69) is 217 Å². The van der Waals surface area contributed by atoms with Crippen molar-refractivity contribution >= 4 is 50.7 Å². The number of para-hydroxylation sites is 3. The topological polar surface area (TPSA) is 35.9 Å². The Labute approximate surface area is 338 Å². The van der Waals surface area contributed by atoms with Gasteiger partial charge in [-0.15, -0.1) is 0 Å². The van der Waals surface area contributed by atoms with Crippen molar-refractivity contribution < 1.29 is 9.21 Å². The van der Waals surface area contributed by atoms with E-state index in [1.54, 1.807) is 0 Å². The summed E-state index contributed by atoms with van der Waals surface area (Å²) in [5.74, 6) is 2.36. The molecule has 0 unspecified atom stereocenters. The average molecular weight is 747 g/mol. The zero-order valence-electron chi connectivity index (χ0n) is 32.6. The first kappa shape index (κ1) is 34.1. The Hall–Kier alpha value is -7.18. The molecule has 0 fully saturated rings. The molecule has 58 heavy (non-hydrogen) atoms. The van der Waals surface area contributed by atoms with Crippen molar-refractivity contribution in [3.8, 4) is 45.3 Å². The molecule has 6 heteroatoms. The van der Waals surface area contributed by atoms with Crippen LogP contribution in [0.4, 0.5) is 0 Å². The molecule has 0 atom stereocenters. The summed E-state index contributed by atoms with van der Waals surface area (Å²) >= 11 is 0. The van der Waals surface area contributed by atoms with Crippen LogP contribution in [0, 0.1) is 6.33 Å². The van der Waals surface area contributed by atoms with Gasteiger partial charge < -0.3 is 13.8 Å². The van der Waals surface area contributed by atoms with Gasteiger partial charge in [-0.05, 0) is 81.2 Å². The van der Waals surface area contributed by atoms with Gasteiger partial charge in [0.05, 0.1) is 27.8 Å². The minimum absolute atomic E-state index is 0.199. The zero-order valence-corrected chi connectivity index (χ0v) is 32.6. The molecular formula is C52H39BN4O. The van der Waals surface area contributed by atoms with Gasteiger partial charge in [0, 0.05) is 22.4 Å². The molecule has 0 N–H and O–H groups in total. The van der Waals surface area contributed by atoms with Gasteiger partial charge in [-0.1, -0.05) is 154 Å². The Kier molecular flexibility index (Phi) is 7.77. The van der Waals surface area contributed by atoms with E-state index in [1.165, 1.54) is 10.9 Å². The molecule has 1 aliphatic heterocycles. The normalized spacial score (nSPS) is 12.5. The lowest BCUT2D eigenvalue weighted by molar-refractivity contribution is -0.508. The zero-order chi connectivity index (χ0) is 39.0. The summed E-state index contributed by atoms with van der Waals surface area (Å²) < 4.78 is 13.5. The largest absolute Gasteiger partial charge is 0.458 e. The molecule has 8 bridgehead atoms. The van der Waals surface area contributed by atoms with Crippen LogP contribution in [0.3, 0.4) is 0 Å². The van der Waals surface area contributed by atoms with Gasteiger partial charge in [0.2, 0.25) is 6.33 Å². The molecule has 7 aromatic carbocycles. The van der Waals surface area contributed by atoms with Gasteiger partial charge in [-0.3, -0.25) is 4.57 Å². The first-order valence-electron chi connectivity index (χ1n) is 19.9. The van der Waals surface area contributed by atoms with Crippen molar-refractivity contribution in [3.63, 3.8) is 0 Å². The third kappa shape index (κ3) is 5.55. The number of benzene rings is 7. The van der Waals surface area contributed by atoms with Gasteiger partial charge in [0.25, 0.3) is 0 Å². The molecule has 0 aliphatic carbocycles. The predicted octanol–water partition coefficient (Wildman–Crippen LogP) is 10.6. The smallest absolute Gasteiger partial charge is 0.449 e. The molecule has 11 rings (SSSR count). The summed E-state index contributed by atoms with van der Waals surface area (Å²) in [6.07, 6.45) is 3.92. The summed E-state index contributed by atoms with van der Waals surface area (Å²) in [4.78, 5) is 5.82. The molecule has 0 saturated carbocycles. The summed E-state index contributed by atoms with van der Waals surface area (Å²) in [5.41, 5.74) is 12.8. The van der Waals surface area contributed by atoms with Crippen molar-refractivity contribution in [2.75, 3.05) is 0 Å². The highest BCUT2D eigenvalue weighted by molar-refractivity contribution is 6.80. The van der Waals surface area contributed by atoms with E-state index in [9.17, 15) is 0 Å². The van der Waals surface area contributed by atoms with Crippen molar-refractivity contribution in [1.82, 2.24) is 14.1 Å². The van der Waals surface area contributed by atoms with Gasteiger partial charge in [-0.2, -0.15) is 0 Å². The minimum Gasteiger partial charge on any atom is -0.458 e. The second kappa shape index (κ2) is 13.2. The second-order valence-electron chi connectivity index (χ2n) is 16.2. The van der Waals surface area contributed by atoms with E-state index in [-0.39, 0.29) is 5.41 Å². The lowest BCUT2D eigenvalue weighted by Gasteiger charge is -2.25. The number of fused-ring (bicyclic) bond motifs is 15. The van der Waals surface area contributed by atoms with Crippen LogP contribution in [-0.4, -0.2) is 21.0 Å². The Bertz CT molecular complexity index is 3140. The maximum absolute atomic E-state index is 6.70. The van der Waals surface area contributed by atoms with E-state index in [0.717, 1.165) is 83.8 Å². The quantitative estimate of drug-likeness (QED) is 0.133. The highest BCUT2D eigenvalue weighted by Crippen LogP contribution is 2.37. The fourth-order valence-electron chi connectivity index (χ4n) is 8.78. The molecule has 276 valence electrons. The van der Waals surface area contributed by atoms with E-state index < -0.39 is 6.85 Å². The lowest BCUT2D eigenvalue weighted by atomic mass is 9.49. The number of aromatic nitrogens is 4. The van der Waals surface area contributed by atoms with Crippen LogP contribution in [0.1, 0.15) is 26.3 Å². The molecule has 10 aromatic rings. The fraction of sp³-hybridized carbons (Fsp3) is 0.0769. The van der Waals surface area contributed by atoms with Crippen molar-refractivity contribution in [2.24, 2.45) is 0 Å². The molecule has 0 saturated heterocycles. The summed E-state index contributed by atoms with van der Waals surface area (Å²) in [6, 6.07) is 64.8. The van der Waals surface area contributed by atoms with E-state index >= 15 is 0 Å². The number of imidazole rings is 1. The number of hydrogen-bond donors (Lipinski definition) is 0. The van der Waals surface area contributed by atoms with E-state index in [0.29, 0.717) is 0 Å². The van der Waals surface area contributed by atoms with Crippen LogP contribution < -0.4 is 20.3 Å². The van der Waals surface area contributed by atoms with Crippen molar-refractivity contribution in [3.05, 3.63) is 194 Å². The molecular weight excluding hydrogens is 707 g/mol. The number of rotatable bonds is 3. The van der Waals surface area contributed by atoms with Crippen LogP contribution in [0.2, 0.25) is 0 Å². The van der Waals surface area contributed by atoms with Gasteiger partial charge >= 0.3 is 6.85 Å². The highest BCUT2D eigenvalue weighted by Gasteiger charge is 2.37. The Balaban J connectivity index is 1.35. The third-order valence-corrected chi connectivity index (χ3v) is 11.6. The number of pyridine rings is 1. The first-order chi connectivity index (χ1) is 28.4. The molecule has 3 aromatic heterocycles. The third-order valence-electron chi connectivity index (χ3n) is 11.6. The van der Waals surface area contributed by atoms with Gasteiger partial charge in [0.1, 0.15) is 17.3 Å². The fourth-order valence-corrected chi connectivity index (χ4v) is 8.78. The maximum atomic E-state index is 6.70. The number of nitrogens with zero attached hydrogens (tertiary/aromatic N) is 4. The van der Waals surface area contributed by atoms with E-state index in [4.69, 9.17) is 9.72 Å². The van der Waals surface area contributed by atoms with Crippen LogP contribution in [0.25, 0.3) is 66.6 Å². The first-order valence-corrected chi connectivity index (χ1v) is 19.9. The van der Waals surface area contributed by atoms with Crippen LogP contribution in [0.5, 0.6) is 11.5 Å². The highest BCUT2D eigenvalue weighted by atomic mass is 16.5. The summed E-state index contributed by atoms with van der Waals surface area (Å²) in [7, 11) is 0. The van der Waals surface area contributed by atoms with Crippen molar-refractivity contribution in [1.29, 1.82) is 0 Å². The number of ether oxygens (including phenoxy) is 1. The summed E-state index contributed by atoms with van der Waals surface area (Å²) in [6.45, 7) is 6.45. The molecule has 5 nitrogen and oxygen atoms in total. The number of hydrogen-bond acceptors (Lipinski definition) is 2. The molecule has 0 radical (unpaired) electrons. The Morgan fingerprint density at radius 2 is 1.21 bits per heavy atom. The minimum atomic E-state index is -0.410. The Morgan fingerprint density at radius 1 is 0.569 bits per heavy atom. The standard InChI is InChI=1S/C52H39BN4O/c1-52(2,3)37-30-49-53(51-41(35-16-6-4-7-17-35)23-15-24-42(51)36-18-8-5-9-19-36)56-34-55(46-26-12-13-27-47(46)56)38-20-14-21-39(32-38)58-40-28-29-44-43-22-10-11-25-45(43)57(48(44)33-40)50(31-37)54-49/h4-33H,1-3H3. The monoisotopic (exact) mass is 746 g/mol. The van der Waals surface area contributed by atoms with Crippen LogP contribution in [-0.2, 0) is 5.41 Å². The molecule has 4 heterocycles. The maximum Gasteiger partial charge on any atom is 0.449 e. The molecule has 0 spiro atoms. The predicted molar refractivity (Wildman–Crippen MR) is 237 cm³/mol. The summed E-state index contributed by atoms with van der Waals surface area (Å²) in [5, 5.41) is 2.31. The average Bonchev–Trinajstić information content (AvgIpc) is 3.80. The van der Waals surface area contributed by atoms with E-state index in [1.807, 2.05) is 6.07 Å². The van der Waals surface area contributed by atoms with Gasteiger partial charge in [0.15, 0.2) is 0 Å². The molecule has 1 aliphatic rings. The molecule has 0 amide bonds. The second-order valence-corrected chi connectivity index (χ2v) is 16.2. The van der Waals surface area contributed by atoms with Crippen molar-refractivity contribution in [2.45, 2.75) is 26.2 Å². The lowest BCUT2D eigenvalue weighted by Crippen LogP contribution is -2.67. The van der Waals surface area contributed by atoms with Crippen LogP contribution >= 0.6 is 0 Å². The van der Waals surface area contributed by atoms with Gasteiger partial charge in [-0.25, -0.2) is 4.98 Å². The SMILES string of the molecule is CC(C)(C)c1cc2nc(c1)-n1c3ccccc3c3ccc(cc31)Oc1cccc(c1)-n1[c-][n+](c3ccccc31)B2c1c(-c2ccccc2)cccc1-c1ccccc1. The van der Waals surface area contributed by atoms with Crippen LogP contribution in [0.15, 0.2) is 182 Å². The Morgan fingerprint density at radius 3 is 1.95 bits per heavy atom.